The number of rotatable bonds is 7. The number of ether oxygens (including phenoxy) is 2. The van der Waals surface area contributed by atoms with Gasteiger partial charge in [-0.2, -0.15) is 0 Å². The highest BCUT2D eigenvalue weighted by atomic mass is 32.2. The fraction of sp³-hybridized carbons (Fsp3) is 0.438. The van der Waals surface area contributed by atoms with Gasteiger partial charge in [-0.1, -0.05) is 40.8 Å². The molecule has 9 nitrogen and oxygen atoms in total. The van der Waals surface area contributed by atoms with Crippen molar-refractivity contribution in [2.45, 2.75) is 35.3 Å². The summed E-state index contributed by atoms with van der Waals surface area (Å²) >= 11 is 2.63. The Kier molecular flexibility index (Phi) is 7.24. The first-order valence-electron chi connectivity index (χ1n) is 8.52. The number of urea groups is 1. The van der Waals surface area contributed by atoms with Crippen LogP contribution in [0.3, 0.4) is 0 Å². The largest absolute Gasteiger partial charge is 0.353 e. The average Bonchev–Trinajstić information content (AvgIpc) is 3.09. The van der Waals surface area contributed by atoms with Crippen LogP contribution in [0.1, 0.15) is 18.4 Å². The van der Waals surface area contributed by atoms with Crippen molar-refractivity contribution in [1.29, 1.82) is 0 Å². The third-order valence-corrected chi connectivity index (χ3v) is 7.01. The molecule has 0 spiro atoms. The predicted octanol–water partition coefficient (Wildman–Crippen LogP) is 2.60. The van der Waals surface area contributed by atoms with Crippen LogP contribution in [-0.2, 0) is 19.5 Å². The van der Waals surface area contributed by atoms with Crippen LogP contribution in [0.5, 0.6) is 0 Å². The van der Waals surface area contributed by atoms with E-state index in [2.05, 4.69) is 15.5 Å². The molecule has 0 unspecified atom stereocenters. The van der Waals surface area contributed by atoms with Crippen LogP contribution in [-0.4, -0.2) is 49.9 Å². The zero-order valence-corrected chi connectivity index (χ0v) is 17.5. The Bertz CT molecular complexity index is 895. The van der Waals surface area contributed by atoms with Crippen LogP contribution in [0, 0.1) is 6.92 Å². The van der Waals surface area contributed by atoms with Gasteiger partial charge in [-0.25, -0.2) is 17.9 Å². The average molecular weight is 445 g/mol. The van der Waals surface area contributed by atoms with E-state index < -0.39 is 16.1 Å². The number of hydrogen-bond donors (Lipinski definition) is 2. The number of aryl methyl sites for hydroxylation is 1. The quantitative estimate of drug-likeness (QED) is 0.494. The maximum absolute atomic E-state index is 12.2. The number of carbonyl (C=O) groups excluding carboxylic acids is 1. The molecule has 0 atom stereocenters. The third kappa shape index (κ3) is 6.14. The number of carbonyl (C=O) groups is 1. The second kappa shape index (κ2) is 9.65. The summed E-state index contributed by atoms with van der Waals surface area (Å²) in [4.78, 5) is 12.0. The molecule has 0 radical (unpaired) electrons. The first-order chi connectivity index (χ1) is 13.4. The number of nitrogens with zero attached hydrogens (tertiary/aromatic N) is 2. The second-order valence-corrected chi connectivity index (χ2v) is 9.91. The van der Waals surface area contributed by atoms with Gasteiger partial charge in [-0.05, 0) is 25.5 Å². The lowest BCUT2D eigenvalue weighted by Crippen LogP contribution is -2.34. The van der Waals surface area contributed by atoms with E-state index in [0.29, 0.717) is 17.6 Å². The minimum Gasteiger partial charge on any atom is -0.353 e. The van der Waals surface area contributed by atoms with E-state index in [9.17, 15) is 13.2 Å². The van der Waals surface area contributed by atoms with Crippen molar-refractivity contribution >= 4 is 44.3 Å². The monoisotopic (exact) mass is 444 g/mol. The number of thioether (sulfide) groups is 1. The van der Waals surface area contributed by atoms with Gasteiger partial charge in [0.1, 0.15) is 0 Å². The van der Waals surface area contributed by atoms with Gasteiger partial charge in [-0.3, -0.25) is 5.32 Å². The SMILES string of the molecule is Cc1ccc(S(=O)(=O)NC(=O)Nc2nnc(SCCC3OCCCO3)s2)cc1. The Hall–Kier alpha value is -1.73. The number of amides is 2. The topological polar surface area (TPSA) is 120 Å². The lowest BCUT2D eigenvalue weighted by atomic mass is 10.2. The van der Waals surface area contributed by atoms with Gasteiger partial charge in [0.2, 0.25) is 5.13 Å². The molecule has 1 aliphatic rings. The van der Waals surface area contributed by atoms with Gasteiger partial charge in [0.25, 0.3) is 10.0 Å². The third-order valence-electron chi connectivity index (χ3n) is 3.66. The molecule has 2 heterocycles. The molecule has 3 rings (SSSR count). The van der Waals surface area contributed by atoms with Crippen LogP contribution in [0.2, 0.25) is 0 Å². The van der Waals surface area contributed by atoms with Gasteiger partial charge < -0.3 is 9.47 Å². The molecule has 1 fully saturated rings. The summed E-state index contributed by atoms with van der Waals surface area (Å²) in [5, 5.41) is 10.4. The molecule has 152 valence electrons. The fourth-order valence-electron chi connectivity index (χ4n) is 2.29. The van der Waals surface area contributed by atoms with Crippen LogP contribution < -0.4 is 10.0 Å². The van der Waals surface area contributed by atoms with Gasteiger partial charge >= 0.3 is 6.03 Å². The van der Waals surface area contributed by atoms with Crippen LogP contribution in [0.25, 0.3) is 0 Å². The summed E-state index contributed by atoms with van der Waals surface area (Å²) in [6.45, 7) is 3.27. The van der Waals surface area contributed by atoms with Crippen molar-refractivity contribution in [1.82, 2.24) is 14.9 Å². The normalized spacial score (nSPS) is 15.3. The van der Waals surface area contributed by atoms with Crippen molar-refractivity contribution in [3.8, 4) is 0 Å². The lowest BCUT2D eigenvalue weighted by Gasteiger charge is -2.22. The molecule has 1 aliphatic heterocycles. The van der Waals surface area contributed by atoms with Crippen molar-refractivity contribution in [3.63, 3.8) is 0 Å². The zero-order valence-electron chi connectivity index (χ0n) is 15.1. The number of anilines is 1. The molecule has 2 aromatic rings. The number of aromatic nitrogens is 2. The van der Waals surface area contributed by atoms with E-state index in [4.69, 9.17) is 9.47 Å². The minimum absolute atomic E-state index is 0.00825. The zero-order chi connectivity index (χ0) is 20.0. The molecule has 2 amide bonds. The Morgan fingerprint density at radius 3 is 2.68 bits per heavy atom. The standard InChI is InChI=1S/C16H20N4O5S3/c1-11-3-5-12(6-4-11)28(22,23)20-14(21)17-15-18-19-16(27-15)26-10-7-13-24-8-2-9-25-13/h3-6,13H,2,7-10H2,1H3,(H2,17,18,20,21). The highest BCUT2D eigenvalue weighted by Crippen LogP contribution is 2.27. The molecule has 2 N–H and O–H groups in total. The maximum atomic E-state index is 12.2. The van der Waals surface area contributed by atoms with Crippen LogP contribution in [0.15, 0.2) is 33.5 Å². The summed E-state index contributed by atoms with van der Waals surface area (Å²) in [5.41, 5.74) is 0.920. The Morgan fingerprint density at radius 1 is 1.25 bits per heavy atom. The molecule has 12 heteroatoms. The van der Waals surface area contributed by atoms with Gasteiger partial charge in [-0.15, -0.1) is 10.2 Å². The summed E-state index contributed by atoms with van der Waals surface area (Å²) < 4.78 is 38.0. The van der Waals surface area contributed by atoms with Gasteiger partial charge in [0.05, 0.1) is 18.1 Å². The van der Waals surface area contributed by atoms with E-state index in [1.807, 2.05) is 11.6 Å². The number of sulfonamides is 1. The number of benzene rings is 1. The van der Waals surface area contributed by atoms with Crippen LogP contribution in [0.4, 0.5) is 9.93 Å². The smallest absolute Gasteiger partial charge is 0.334 e. The van der Waals surface area contributed by atoms with Crippen molar-refractivity contribution in [2.24, 2.45) is 0 Å². The predicted molar refractivity (Wildman–Crippen MR) is 106 cm³/mol. The van der Waals surface area contributed by atoms with E-state index in [1.54, 1.807) is 12.1 Å². The highest BCUT2D eigenvalue weighted by Gasteiger charge is 2.19. The Balaban J connectivity index is 1.47. The van der Waals surface area contributed by atoms with Gasteiger partial charge in [0, 0.05) is 12.2 Å². The van der Waals surface area contributed by atoms with E-state index >= 15 is 0 Å². The van der Waals surface area contributed by atoms with Gasteiger partial charge in [0.15, 0.2) is 10.6 Å². The molecular weight excluding hydrogens is 424 g/mol. The molecule has 1 aromatic carbocycles. The number of nitrogens with one attached hydrogen (secondary N) is 2. The minimum atomic E-state index is -3.95. The maximum Gasteiger partial charge on any atom is 0.334 e. The van der Waals surface area contributed by atoms with Crippen LogP contribution >= 0.6 is 23.1 Å². The van der Waals surface area contributed by atoms with E-state index in [0.717, 1.165) is 35.5 Å². The summed E-state index contributed by atoms with van der Waals surface area (Å²) in [5.74, 6) is 0.729. The van der Waals surface area contributed by atoms with E-state index in [1.165, 1.54) is 23.9 Å². The first kappa shape index (κ1) is 21.0. The molecular formula is C16H20N4O5S3. The summed E-state index contributed by atoms with van der Waals surface area (Å²) in [6, 6.07) is 5.29. The lowest BCUT2D eigenvalue weighted by molar-refractivity contribution is -0.178. The molecule has 0 saturated carbocycles. The van der Waals surface area contributed by atoms with Crippen molar-refractivity contribution < 1.29 is 22.7 Å². The van der Waals surface area contributed by atoms with Crippen molar-refractivity contribution in [3.05, 3.63) is 29.8 Å². The molecule has 1 aromatic heterocycles. The summed E-state index contributed by atoms with van der Waals surface area (Å²) in [6.07, 6.45) is 1.45. The molecule has 1 saturated heterocycles. The molecule has 0 aliphatic carbocycles. The van der Waals surface area contributed by atoms with E-state index in [-0.39, 0.29) is 16.3 Å². The summed E-state index contributed by atoms with van der Waals surface area (Å²) in [7, 11) is -3.95. The van der Waals surface area contributed by atoms with Crippen molar-refractivity contribution in [2.75, 3.05) is 24.3 Å². The first-order valence-corrected chi connectivity index (χ1v) is 11.8. The fourth-order valence-corrected chi connectivity index (χ4v) is 4.97. The second-order valence-electron chi connectivity index (χ2n) is 5.91. The Labute approximate surface area is 171 Å². The highest BCUT2D eigenvalue weighted by molar-refractivity contribution is 8.01. The number of hydrogen-bond acceptors (Lipinski definition) is 9. The Morgan fingerprint density at radius 2 is 1.96 bits per heavy atom. The molecule has 28 heavy (non-hydrogen) atoms. The molecule has 0 bridgehead atoms.